The van der Waals surface area contributed by atoms with Gasteiger partial charge in [0, 0.05) is 24.4 Å². The van der Waals surface area contributed by atoms with Crippen LogP contribution in [0.3, 0.4) is 0 Å². The first kappa shape index (κ1) is 22.8. The number of imide groups is 1. The van der Waals surface area contributed by atoms with E-state index in [4.69, 9.17) is 4.74 Å². The third-order valence-corrected chi connectivity index (χ3v) is 7.58. The van der Waals surface area contributed by atoms with Crippen molar-refractivity contribution in [2.24, 2.45) is 5.92 Å². The average molecular weight is 455 g/mol. The lowest BCUT2D eigenvalue weighted by atomic mass is 9.48. The molecule has 1 aliphatic heterocycles. The van der Waals surface area contributed by atoms with E-state index < -0.39 is 47.6 Å². The lowest BCUT2D eigenvalue weighted by Crippen LogP contribution is -2.74. The Morgan fingerprint density at radius 3 is 2.72 bits per heavy atom. The first-order valence-electron chi connectivity index (χ1n) is 10.8. The van der Waals surface area contributed by atoms with E-state index in [-0.39, 0.29) is 32.2 Å². The molecule has 0 spiro atoms. The summed E-state index contributed by atoms with van der Waals surface area (Å²) in [4.78, 5) is 25.8. The van der Waals surface area contributed by atoms with E-state index in [1.54, 1.807) is 6.07 Å². The number of methoxy groups -OCH3 is 1. The Hall–Kier alpha value is -2.33. The van der Waals surface area contributed by atoms with Crippen molar-refractivity contribution in [2.45, 2.75) is 55.3 Å². The highest BCUT2D eigenvalue weighted by Crippen LogP contribution is 2.59. The number of aliphatic hydroxyl groups is 1. The quantitative estimate of drug-likeness (QED) is 0.650. The number of benzene rings is 1. The number of carbonyl (C=O) groups is 2. The van der Waals surface area contributed by atoms with E-state index in [9.17, 15) is 27.9 Å². The summed E-state index contributed by atoms with van der Waals surface area (Å²) in [5, 5.41) is 16.7. The number of alkyl halides is 3. The maximum Gasteiger partial charge on any atom is 0.401 e. The summed E-state index contributed by atoms with van der Waals surface area (Å²) >= 11 is 0. The first-order valence-corrected chi connectivity index (χ1v) is 10.8. The lowest BCUT2D eigenvalue weighted by Gasteiger charge is -2.64. The van der Waals surface area contributed by atoms with E-state index in [0.717, 1.165) is 11.1 Å². The van der Waals surface area contributed by atoms with Crippen LogP contribution in [0.1, 0.15) is 36.8 Å². The molecule has 32 heavy (non-hydrogen) atoms. The predicted molar refractivity (Wildman–Crippen MR) is 109 cm³/mol. The van der Waals surface area contributed by atoms with Gasteiger partial charge in [-0.1, -0.05) is 6.07 Å². The molecule has 4 rings (SSSR count). The third-order valence-electron chi connectivity index (χ3n) is 7.58. The van der Waals surface area contributed by atoms with E-state index >= 15 is 0 Å². The van der Waals surface area contributed by atoms with Gasteiger partial charge >= 0.3 is 12.2 Å². The smallest absolute Gasteiger partial charge is 0.401 e. The van der Waals surface area contributed by atoms with Gasteiger partial charge in [0.2, 0.25) is 5.91 Å². The molecule has 2 bridgehead atoms. The highest BCUT2D eigenvalue weighted by atomic mass is 19.4. The molecule has 3 aliphatic rings. The van der Waals surface area contributed by atoms with Crippen molar-refractivity contribution in [1.82, 2.24) is 15.5 Å². The second-order valence-corrected chi connectivity index (χ2v) is 9.09. The highest BCUT2D eigenvalue weighted by molar-refractivity contribution is 5.95. The molecule has 0 radical (unpaired) electrons. The molecule has 2 aliphatic carbocycles. The van der Waals surface area contributed by atoms with Gasteiger partial charge in [0.25, 0.3) is 0 Å². The van der Waals surface area contributed by atoms with E-state index in [2.05, 4.69) is 10.6 Å². The summed E-state index contributed by atoms with van der Waals surface area (Å²) in [5.74, 6) is -0.391. The topological polar surface area (TPSA) is 90.9 Å². The Morgan fingerprint density at radius 1 is 1.31 bits per heavy atom. The third kappa shape index (κ3) is 3.63. The summed E-state index contributed by atoms with van der Waals surface area (Å²) in [6.07, 6.45) is -3.09. The standard InChI is InChI=1S/C22H28F3N3O4/c1-26-19(30)27-18(29)14-5-6-21(31)17-9-13-3-4-15(32-2)10-16(13)20(21,11-14)7-8-28(17)12-22(23,24)25/h3-4,10,14,17,31H,5-9,11-12H2,1-2H3,(H2,26,27,29,30)/t14-,17-,20-,21-/m1/s1. The number of nitrogens with one attached hydrogen (secondary N) is 2. The van der Waals surface area contributed by atoms with Crippen LogP contribution in [0.25, 0.3) is 0 Å². The van der Waals surface area contributed by atoms with Crippen molar-refractivity contribution in [3.05, 3.63) is 29.3 Å². The van der Waals surface area contributed by atoms with E-state index in [1.165, 1.54) is 19.1 Å². The molecule has 1 aromatic rings. The molecule has 0 aromatic heterocycles. The normalized spacial score (nSPS) is 31.8. The van der Waals surface area contributed by atoms with Crippen LogP contribution in [-0.4, -0.2) is 67.0 Å². The molecular weight excluding hydrogens is 427 g/mol. The maximum absolute atomic E-state index is 13.3. The summed E-state index contributed by atoms with van der Waals surface area (Å²) in [5.41, 5.74) is -0.621. The van der Waals surface area contributed by atoms with Crippen molar-refractivity contribution in [2.75, 3.05) is 27.2 Å². The number of amides is 3. The fourth-order valence-corrected chi connectivity index (χ4v) is 6.14. The van der Waals surface area contributed by atoms with Gasteiger partial charge in [-0.25, -0.2) is 4.79 Å². The number of carbonyl (C=O) groups excluding carboxylic acids is 2. The van der Waals surface area contributed by atoms with Gasteiger partial charge in [0.05, 0.1) is 19.3 Å². The Labute approximate surface area is 184 Å². The van der Waals surface area contributed by atoms with Crippen molar-refractivity contribution >= 4 is 11.9 Å². The molecule has 7 nitrogen and oxygen atoms in total. The highest BCUT2D eigenvalue weighted by Gasteiger charge is 2.65. The van der Waals surface area contributed by atoms with Gasteiger partial charge < -0.3 is 15.2 Å². The minimum Gasteiger partial charge on any atom is -0.497 e. The molecule has 1 saturated carbocycles. The van der Waals surface area contributed by atoms with Crippen LogP contribution in [0.2, 0.25) is 0 Å². The van der Waals surface area contributed by atoms with Crippen LogP contribution in [0.15, 0.2) is 18.2 Å². The first-order chi connectivity index (χ1) is 15.0. The zero-order valence-corrected chi connectivity index (χ0v) is 18.1. The van der Waals surface area contributed by atoms with Gasteiger partial charge in [-0.2, -0.15) is 13.2 Å². The van der Waals surface area contributed by atoms with Gasteiger partial charge in [-0.05, 0) is 61.9 Å². The Balaban J connectivity index is 1.76. The van der Waals surface area contributed by atoms with Crippen LogP contribution < -0.4 is 15.4 Å². The molecular formula is C22H28F3N3O4. The van der Waals surface area contributed by atoms with Gasteiger partial charge in [0.1, 0.15) is 5.75 Å². The second kappa shape index (κ2) is 7.91. The van der Waals surface area contributed by atoms with Crippen molar-refractivity contribution < 1.29 is 32.6 Å². The second-order valence-electron chi connectivity index (χ2n) is 9.09. The molecule has 4 atom stereocenters. The lowest BCUT2D eigenvalue weighted by molar-refractivity contribution is -0.207. The summed E-state index contributed by atoms with van der Waals surface area (Å²) in [6, 6.07) is 4.13. The SMILES string of the molecule is CNC(=O)NC(=O)[C@@H]1CC[C@@]2(O)[C@H]3Cc4ccc(OC)cc4[C@@]2(CCN3CC(F)(F)F)C1. The number of rotatable bonds is 3. The monoisotopic (exact) mass is 455 g/mol. The minimum absolute atomic E-state index is 0.160. The zero-order chi connectivity index (χ0) is 23.3. The maximum atomic E-state index is 13.3. The molecule has 3 amide bonds. The van der Waals surface area contributed by atoms with Crippen molar-refractivity contribution in [3.63, 3.8) is 0 Å². The Morgan fingerprint density at radius 2 is 2.06 bits per heavy atom. The van der Waals surface area contributed by atoms with Crippen LogP contribution in [-0.2, 0) is 16.6 Å². The Kier molecular flexibility index (Phi) is 5.65. The summed E-state index contributed by atoms with van der Waals surface area (Å²) in [7, 11) is 2.94. The number of halogens is 3. The molecule has 0 unspecified atom stereocenters. The molecule has 1 heterocycles. The number of hydrogen-bond donors (Lipinski definition) is 3. The summed E-state index contributed by atoms with van der Waals surface area (Å²) in [6.45, 7) is -0.922. The number of likely N-dealkylation sites (tertiary alicyclic amines) is 1. The largest absolute Gasteiger partial charge is 0.497 e. The zero-order valence-electron chi connectivity index (χ0n) is 18.1. The number of urea groups is 1. The van der Waals surface area contributed by atoms with Crippen LogP contribution in [0.4, 0.5) is 18.0 Å². The van der Waals surface area contributed by atoms with Crippen LogP contribution in [0.5, 0.6) is 5.75 Å². The number of hydrogen-bond acceptors (Lipinski definition) is 5. The Bertz CT molecular complexity index is 924. The van der Waals surface area contributed by atoms with Crippen LogP contribution in [0, 0.1) is 5.92 Å². The molecule has 176 valence electrons. The number of ether oxygens (including phenoxy) is 1. The average Bonchev–Trinajstić information content (AvgIpc) is 2.74. The summed E-state index contributed by atoms with van der Waals surface area (Å²) < 4.78 is 45.3. The van der Waals surface area contributed by atoms with Crippen molar-refractivity contribution in [1.29, 1.82) is 0 Å². The predicted octanol–water partition coefficient (Wildman–Crippen LogP) is 2.11. The number of fused-ring (bicyclic) bond motifs is 1. The van der Waals surface area contributed by atoms with Gasteiger partial charge in [0.15, 0.2) is 0 Å². The molecule has 2 fully saturated rings. The fourth-order valence-electron chi connectivity index (χ4n) is 6.14. The minimum atomic E-state index is -4.37. The molecule has 1 aromatic carbocycles. The van der Waals surface area contributed by atoms with Crippen LogP contribution >= 0.6 is 0 Å². The number of nitrogens with zero attached hydrogens (tertiary/aromatic N) is 1. The molecule has 10 heteroatoms. The van der Waals surface area contributed by atoms with E-state index in [1.807, 2.05) is 12.1 Å². The molecule has 3 N–H and O–H groups in total. The van der Waals surface area contributed by atoms with Crippen molar-refractivity contribution in [3.8, 4) is 5.75 Å². The van der Waals surface area contributed by atoms with Gasteiger partial charge in [-0.3, -0.25) is 15.0 Å². The molecule has 1 saturated heterocycles. The fraction of sp³-hybridized carbons (Fsp3) is 0.636. The van der Waals surface area contributed by atoms with Gasteiger partial charge in [-0.15, -0.1) is 0 Å². The number of piperidine rings is 1. The van der Waals surface area contributed by atoms with E-state index in [0.29, 0.717) is 12.2 Å².